The molecule has 1 heterocycles. The van der Waals surface area contributed by atoms with Gasteiger partial charge in [0.05, 0.1) is 0 Å². The van der Waals surface area contributed by atoms with Crippen molar-refractivity contribution in [3.63, 3.8) is 0 Å². The molecule has 0 aliphatic heterocycles. The lowest BCUT2D eigenvalue weighted by molar-refractivity contribution is -0.118. The molecule has 2 rings (SSSR count). The van der Waals surface area contributed by atoms with Crippen molar-refractivity contribution in [3.05, 3.63) is 33.2 Å². The van der Waals surface area contributed by atoms with Crippen LogP contribution in [-0.2, 0) is 4.79 Å². The van der Waals surface area contributed by atoms with Gasteiger partial charge in [-0.1, -0.05) is 27.3 Å². The van der Waals surface area contributed by atoms with Crippen LogP contribution in [0.5, 0.6) is 5.75 Å². The van der Waals surface area contributed by atoms with Gasteiger partial charge in [-0.15, -0.1) is 10.2 Å². The number of nitrogens with zero attached hydrogens (tertiary/aromatic N) is 2. The molecule has 0 aliphatic rings. The van der Waals surface area contributed by atoms with E-state index in [0.29, 0.717) is 5.13 Å². The fourth-order valence-corrected chi connectivity index (χ4v) is 2.79. The number of rotatable bonds is 4. The fraction of sp³-hybridized carbons (Fsp3) is 0.250. The van der Waals surface area contributed by atoms with Crippen LogP contribution >= 0.6 is 27.3 Å². The molecule has 2 aromatic rings. The zero-order chi connectivity index (χ0) is 13.8. The summed E-state index contributed by atoms with van der Waals surface area (Å²) in [4.78, 5) is 11.7. The van der Waals surface area contributed by atoms with Crippen molar-refractivity contribution in [2.75, 3.05) is 11.9 Å². The van der Waals surface area contributed by atoms with E-state index in [1.165, 1.54) is 11.3 Å². The Morgan fingerprint density at radius 2 is 2.11 bits per heavy atom. The van der Waals surface area contributed by atoms with Crippen molar-refractivity contribution < 1.29 is 9.53 Å². The van der Waals surface area contributed by atoms with Gasteiger partial charge in [0.25, 0.3) is 5.91 Å². The number of carbonyl (C=O) groups excluding carboxylic acids is 1. The third-order valence-corrected chi connectivity index (χ3v) is 3.44. The van der Waals surface area contributed by atoms with Crippen molar-refractivity contribution in [2.45, 2.75) is 13.8 Å². The minimum atomic E-state index is -0.251. The molecule has 100 valence electrons. The maximum absolute atomic E-state index is 11.7. The maximum Gasteiger partial charge on any atom is 0.264 e. The van der Waals surface area contributed by atoms with Crippen LogP contribution in [0.2, 0.25) is 0 Å². The Bertz CT molecular complexity index is 564. The van der Waals surface area contributed by atoms with Crippen molar-refractivity contribution in [1.29, 1.82) is 0 Å². The summed E-state index contributed by atoms with van der Waals surface area (Å²) in [5.41, 5.74) is 3.52. The first-order chi connectivity index (χ1) is 9.06. The number of aryl methyl sites for hydroxylation is 2. The molecule has 0 fully saturated rings. The highest BCUT2D eigenvalue weighted by Gasteiger charge is 2.09. The van der Waals surface area contributed by atoms with E-state index in [1.54, 1.807) is 5.51 Å². The first-order valence-electron chi connectivity index (χ1n) is 5.52. The van der Waals surface area contributed by atoms with Crippen molar-refractivity contribution in [1.82, 2.24) is 10.2 Å². The molecule has 0 radical (unpaired) electrons. The lowest BCUT2D eigenvalue weighted by atomic mass is 10.1. The van der Waals surface area contributed by atoms with Crippen LogP contribution in [0.3, 0.4) is 0 Å². The standard InChI is InChI=1S/C12H12BrN3O2S/c1-7-3-9(13)4-8(2)11(7)18-5-10(17)15-12-16-14-6-19-12/h3-4,6H,5H2,1-2H3,(H,15,16,17). The number of halogens is 1. The number of ether oxygens (including phenoxy) is 1. The number of nitrogens with one attached hydrogen (secondary N) is 1. The van der Waals surface area contributed by atoms with Crippen LogP contribution in [0.1, 0.15) is 11.1 Å². The Morgan fingerprint density at radius 3 is 2.68 bits per heavy atom. The van der Waals surface area contributed by atoms with Crippen molar-refractivity contribution in [2.24, 2.45) is 0 Å². The molecule has 1 aromatic heterocycles. The summed E-state index contributed by atoms with van der Waals surface area (Å²) in [5.74, 6) is 0.481. The van der Waals surface area contributed by atoms with Gasteiger partial charge in [-0.05, 0) is 37.1 Å². The van der Waals surface area contributed by atoms with E-state index in [0.717, 1.165) is 21.3 Å². The third-order valence-electron chi connectivity index (χ3n) is 2.38. The molecule has 0 atom stereocenters. The van der Waals surface area contributed by atoms with Gasteiger partial charge in [-0.25, -0.2) is 0 Å². The van der Waals surface area contributed by atoms with Gasteiger partial charge in [0.2, 0.25) is 5.13 Å². The van der Waals surface area contributed by atoms with Crippen LogP contribution in [0.25, 0.3) is 0 Å². The second-order valence-electron chi connectivity index (χ2n) is 3.95. The summed E-state index contributed by atoms with van der Waals surface area (Å²) in [6.07, 6.45) is 0. The number of aromatic nitrogens is 2. The molecule has 1 amide bonds. The number of benzene rings is 1. The van der Waals surface area contributed by atoms with Gasteiger partial charge in [0.15, 0.2) is 6.61 Å². The van der Waals surface area contributed by atoms with E-state index in [4.69, 9.17) is 4.74 Å². The predicted octanol–water partition coefficient (Wildman–Crippen LogP) is 2.93. The van der Waals surface area contributed by atoms with Crippen LogP contribution < -0.4 is 10.1 Å². The Balaban J connectivity index is 1.97. The number of carbonyl (C=O) groups is 1. The van der Waals surface area contributed by atoms with E-state index in [9.17, 15) is 4.79 Å². The topological polar surface area (TPSA) is 64.1 Å². The quantitative estimate of drug-likeness (QED) is 0.928. The monoisotopic (exact) mass is 341 g/mol. The van der Waals surface area contributed by atoms with E-state index in [-0.39, 0.29) is 12.5 Å². The lowest BCUT2D eigenvalue weighted by Crippen LogP contribution is -2.20. The molecule has 1 N–H and O–H groups in total. The average molecular weight is 342 g/mol. The molecule has 0 saturated heterocycles. The molecule has 0 spiro atoms. The smallest absolute Gasteiger partial charge is 0.264 e. The van der Waals surface area contributed by atoms with E-state index in [1.807, 2.05) is 26.0 Å². The summed E-state index contributed by atoms with van der Waals surface area (Å²) in [7, 11) is 0. The lowest BCUT2D eigenvalue weighted by Gasteiger charge is -2.12. The van der Waals surface area contributed by atoms with E-state index < -0.39 is 0 Å². The Kier molecular flexibility index (Phi) is 4.49. The van der Waals surface area contributed by atoms with E-state index in [2.05, 4.69) is 31.4 Å². The summed E-state index contributed by atoms with van der Waals surface area (Å²) >= 11 is 4.68. The highest BCUT2D eigenvalue weighted by molar-refractivity contribution is 9.10. The van der Waals surface area contributed by atoms with Gasteiger partial charge in [0, 0.05) is 4.47 Å². The van der Waals surface area contributed by atoms with Crippen molar-refractivity contribution in [3.8, 4) is 5.75 Å². The first kappa shape index (κ1) is 14.0. The largest absolute Gasteiger partial charge is 0.483 e. The molecule has 7 heteroatoms. The van der Waals surface area contributed by atoms with Crippen LogP contribution in [0.4, 0.5) is 5.13 Å². The molecule has 0 bridgehead atoms. The molecule has 0 aliphatic carbocycles. The maximum atomic E-state index is 11.7. The minimum Gasteiger partial charge on any atom is -0.483 e. The number of hydrogen-bond donors (Lipinski definition) is 1. The Labute approximate surface area is 123 Å². The van der Waals surface area contributed by atoms with Crippen LogP contribution in [-0.4, -0.2) is 22.7 Å². The van der Waals surface area contributed by atoms with Crippen LogP contribution in [0.15, 0.2) is 22.1 Å². The molecule has 1 aromatic carbocycles. The summed E-state index contributed by atoms with van der Waals surface area (Å²) < 4.78 is 6.55. The van der Waals surface area contributed by atoms with Crippen molar-refractivity contribution >= 4 is 38.3 Å². The molecule has 0 saturated carbocycles. The fourth-order valence-electron chi connectivity index (χ4n) is 1.65. The molecule has 19 heavy (non-hydrogen) atoms. The highest BCUT2D eigenvalue weighted by atomic mass is 79.9. The summed E-state index contributed by atoms with van der Waals surface area (Å²) in [5, 5.41) is 10.5. The SMILES string of the molecule is Cc1cc(Br)cc(C)c1OCC(=O)Nc1nncs1. The number of hydrogen-bond acceptors (Lipinski definition) is 5. The highest BCUT2D eigenvalue weighted by Crippen LogP contribution is 2.27. The van der Waals surface area contributed by atoms with E-state index >= 15 is 0 Å². The van der Waals surface area contributed by atoms with Gasteiger partial charge in [-0.2, -0.15) is 0 Å². The molecule has 5 nitrogen and oxygen atoms in total. The van der Waals surface area contributed by atoms with Gasteiger partial charge < -0.3 is 4.74 Å². The predicted molar refractivity (Wildman–Crippen MR) is 77.6 cm³/mol. The number of amides is 1. The van der Waals surface area contributed by atoms with Gasteiger partial charge in [-0.3, -0.25) is 10.1 Å². The zero-order valence-electron chi connectivity index (χ0n) is 10.4. The Morgan fingerprint density at radius 1 is 1.42 bits per heavy atom. The first-order valence-corrected chi connectivity index (χ1v) is 7.19. The summed E-state index contributed by atoms with van der Waals surface area (Å²) in [6.45, 7) is 3.83. The Hall–Kier alpha value is -1.47. The molecule has 0 unspecified atom stereocenters. The third kappa shape index (κ3) is 3.74. The minimum absolute atomic E-state index is 0.0527. The average Bonchev–Trinajstić information content (AvgIpc) is 2.80. The normalized spacial score (nSPS) is 10.3. The second-order valence-corrected chi connectivity index (χ2v) is 5.70. The zero-order valence-corrected chi connectivity index (χ0v) is 12.8. The van der Waals surface area contributed by atoms with Gasteiger partial charge in [0.1, 0.15) is 11.3 Å². The van der Waals surface area contributed by atoms with Gasteiger partial charge >= 0.3 is 0 Å². The summed E-state index contributed by atoms with van der Waals surface area (Å²) in [6, 6.07) is 3.90. The van der Waals surface area contributed by atoms with Crippen LogP contribution in [0, 0.1) is 13.8 Å². The number of anilines is 1. The second kappa shape index (κ2) is 6.12. The molecular formula is C12H12BrN3O2S. The molecular weight excluding hydrogens is 330 g/mol.